The van der Waals surface area contributed by atoms with Crippen LogP contribution in [-0.4, -0.2) is 32.2 Å². The molecule has 3 heterocycles. The molecule has 1 fully saturated rings. The minimum atomic E-state index is -0.548. The molecule has 0 spiro atoms. The Labute approximate surface area is 186 Å². The number of ether oxygens (including phenoxy) is 1. The number of halogens is 1. The van der Waals surface area contributed by atoms with Crippen molar-refractivity contribution in [1.82, 2.24) is 0 Å². The molecular formula is C21H19BrN4O3S. The standard InChI is InChI=1S/C21H19BrN4O3S/c22-17-10-14(29-21(17)26-5-7-28-8-6-26)9-13(11-23)19(27)25-20-16(12-24)15-3-1-2-4-18(15)30-20/h9-10H,1-8H2,(H,25,27)/b13-9+. The van der Waals surface area contributed by atoms with Crippen LogP contribution < -0.4 is 10.2 Å². The average Bonchev–Trinajstić information content (AvgIpc) is 3.31. The maximum absolute atomic E-state index is 12.7. The van der Waals surface area contributed by atoms with E-state index in [2.05, 4.69) is 27.3 Å². The first-order valence-electron chi connectivity index (χ1n) is 9.70. The van der Waals surface area contributed by atoms with E-state index in [-0.39, 0.29) is 5.57 Å². The van der Waals surface area contributed by atoms with E-state index >= 15 is 0 Å². The van der Waals surface area contributed by atoms with E-state index in [4.69, 9.17) is 9.15 Å². The molecule has 0 bridgehead atoms. The van der Waals surface area contributed by atoms with Gasteiger partial charge < -0.3 is 19.4 Å². The van der Waals surface area contributed by atoms with Gasteiger partial charge in [-0.1, -0.05) is 0 Å². The second kappa shape index (κ2) is 9.05. The molecule has 1 aliphatic heterocycles. The fraction of sp³-hybridized carbons (Fsp3) is 0.381. The Balaban J connectivity index is 1.55. The number of rotatable bonds is 4. The molecule has 154 valence electrons. The van der Waals surface area contributed by atoms with Gasteiger partial charge in [0.25, 0.3) is 5.91 Å². The van der Waals surface area contributed by atoms with Crippen molar-refractivity contribution in [2.24, 2.45) is 0 Å². The van der Waals surface area contributed by atoms with Crippen LogP contribution in [0.15, 0.2) is 20.5 Å². The molecule has 0 unspecified atom stereocenters. The number of carbonyl (C=O) groups is 1. The van der Waals surface area contributed by atoms with E-state index in [0.717, 1.165) is 40.6 Å². The summed E-state index contributed by atoms with van der Waals surface area (Å²) in [5.74, 6) is 0.508. The minimum Gasteiger partial charge on any atom is -0.440 e. The third-order valence-corrected chi connectivity index (χ3v) is 6.92. The lowest BCUT2D eigenvalue weighted by Crippen LogP contribution is -2.36. The van der Waals surface area contributed by atoms with Crippen molar-refractivity contribution < 1.29 is 13.9 Å². The van der Waals surface area contributed by atoms with E-state index in [1.54, 1.807) is 6.07 Å². The number of hydrogen-bond acceptors (Lipinski definition) is 7. The van der Waals surface area contributed by atoms with Gasteiger partial charge >= 0.3 is 0 Å². The second-order valence-corrected chi connectivity index (χ2v) is 9.01. The first-order valence-corrected chi connectivity index (χ1v) is 11.3. The maximum Gasteiger partial charge on any atom is 0.267 e. The van der Waals surface area contributed by atoms with Crippen LogP contribution in [0.5, 0.6) is 0 Å². The number of carbonyl (C=O) groups excluding carboxylic acids is 1. The molecule has 1 saturated heterocycles. The Bertz CT molecular complexity index is 1080. The Morgan fingerprint density at radius 2 is 2.03 bits per heavy atom. The summed E-state index contributed by atoms with van der Waals surface area (Å²) in [5.41, 5.74) is 1.48. The fourth-order valence-corrected chi connectivity index (χ4v) is 5.46. The molecule has 7 nitrogen and oxygen atoms in total. The van der Waals surface area contributed by atoms with Crippen molar-refractivity contribution >= 4 is 50.1 Å². The van der Waals surface area contributed by atoms with Gasteiger partial charge in [0.15, 0.2) is 0 Å². The number of nitrogens with one attached hydrogen (secondary N) is 1. The summed E-state index contributed by atoms with van der Waals surface area (Å²) in [5, 5.41) is 22.4. The summed E-state index contributed by atoms with van der Waals surface area (Å²) in [6.45, 7) is 2.66. The summed E-state index contributed by atoms with van der Waals surface area (Å²) < 4.78 is 12.0. The van der Waals surface area contributed by atoms with E-state index < -0.39 is 5.91 Å². The van der Waals surface area contributed by atoms with Gasteiger partial charge in [-0.25, -0.2) is 0 Å². The van der Waals surface area contributed by atoms with E-state index in [0.29, 0.717) is 48.5 Å². The van der Waals surface area contributed by atoms with Gasteiger partial charge in [-0.15, -0.1) is 11.3 Å². The predicted octanol–water partition coefficient (Wildman–Crippen LogP) is 4.24. The summed E-state index contributed by atoms with van der Waals surface area (Å²) in [6.07, 6.45) is 5.35. The van der Waals surface area contributed by atoms with Gasteiger partial charge in [-0.3, -0.25) is 4.79 Å². The molecule has 1 N–H and O–H groups in total. The Morgan fingerprint density at radius 3 is 2.77 bits per heavy atom. The zero-order valence-electron chi connectivity index (χ0n) is 16.2. The molecule has 0 saturated carbocycles. The molecule has 0 atom stereocenters. The van der Waals surface area contributed by atoms with Crippen LogP contribution in [0.2, 0.25) is 0 Å². The van der Waals surface area contributed by atoms with Gasteiger partial charge in [0.2, 0.25) is 5.88 Å². The highest BCUT2D eigenvalue weighted by atomic mass is 79.9. The summed E-state index contributed by atoms with van der Waals surface area (Å²) >= 11 is 4.92. The van der Waals surface area contributed by atoms with Crippen LogP contribution in [0, 0.1) is 22.7 Å². The predicted molar refractivity (Wildman–Crippen MR) is 117 cm³/mol. The molecule has 1 aliphatic carbocycles. The highest BCUT2D eigenvalue weighted by Gasteiger charge is 2.23. The molecule has 2 aromatic rings. The molecule has 0 radical (unpaired) electrons. The van der Waals surface area contributed by atoms with E-state index in [1.165, 1.54) is 17.4 Å². The van der Waals surface area contributed by atoms with Gasteiger partial charge in [0, 0.05) is 30.1 Å². The van der Waals surface area contributed by atoms with Gasteiger partial charge in [0.05, 0.1) is 23.2 Å². The monoisotopic (exact) mass is 486 g/mol. The molecule has 0 aromatic carbocycles. The second-order valence-electron chi connectivity index (χ2n) is 7.05. The van der Waals surface area contributed by atoms with Crippen molar-refractivity contribution in [2.75, 3.05) is 36.5 Å². The average molecular weight is 487 g/mol. The van der Waals surface area contributed by atoms with Crippen LogP contribution in [0.1, 0.15) is 34.6 Å². The van der Waals surface area contributed by atoms with Crippen molar-refractivity contribution in [3.05, 3.63) is 37.9 Å². The first kappa shape index (κ1) is 20.7. The summed E-state index contributed by atoms with van der Waals surface area (Å²) in [7, 11) is 0. The lowest BCUT2D eigenvalue weighted by Gasteiger charge is -2.26. The number of amides is 1. The highest BCUT2D eigenvalue weighted by molar-refractivity contribution is 9.10. The zero-order chi connectivity index (χ0) is 21.1. The number of morpholine rings is 1. The smallest absolute Gasteiger partial charge is 0.267 e. The number of nitrogens with zero attached hydrogens (tertiary/aromatic N) is 3. The zero-order valence-corrected chi connectivity index (χ0v) is 18.6. The summed E-state index contributed by atoms with van der Waals surface area (Å²) in [6, 6.07) is 5.89. The van der Waals surface area contributed by atoms with E-state index in [1.807, 2.05) is 11.0 Å². The highest BCUT2D eigenvalue weighted by Crippen LogP contribution is 2.38. The van der Waals surface area contributed by atoms with Crippen LogP contribution in [0.3, 0.4) is 0 Å². The van der Waals surface area contributed by atoms with Crippen molar-refractivity contribution in [3.63, 3.8) is 0 Å². The van der Waals surface area contributed by atoms with Crippen molar-refractivity contribution in [2.45, 2.75) is 25.7 Å². The number of nitriles is 2. The Morgan fingerprint density at radius 1 is 1.27 bits per heavy atom. The van der Waals surface area contributed by atoms with Gasteiger partial charge in [0.1, 0.15) is 28.5 Å². The third-order valence-electron chi connectivity index (χ3n) is 5.15. The molecular weight excluding hydrogens is 468 g/mol. The van der Waals surface area contributed by atoms with Crippen LogP contribution in [-0.2, 0) is 22.4 Å². The number of hydrogen-bond donors (Lipinski definition) is 1. The molecule has 1 amide bonds. The molecule has 2 aliphatic rings. The summed E-state index contributed by atoms with van der Waals surface area (Å²) in [4.78, 5) is 15.9. The lowest BCUT2D eigenvalue weighted by atomic mass is 9.96. The van der Waals surface area contributed by atoms with Crippen molar-refractivity contribution in [1.29, 1.82) is 10.5 Å². The first-order chi connectivity index (χ1) is 14.6. The van der Waals surface area contributed by atoms with Crippen LogP contribution in [0.25, 0.3) is 6.08 Å². The number of anilines is 2. The van der Waals surface area contributed by atoms with Crippen molar-refractivity contribution in [3.8, 4) is 12.1 Å². The lowest BCUT2D eigenvalue weighted by molar-refractivity contribution is -0.112. The van der Waals surface area contributed by atoms with E-state index in [9.17, 15) is 15.3 Å². The molecule has 4 rings (SSSR count). The van der Waals surface area contributed by atoms with Crippen LogP contribution >= 0.6 is 27.3 Å². The van der Waals surface area contributed by atoms with Crippen LogP contribution in [0.4, 0.5) is 10.9 Å². The topological polar surface area (TPSA) is 102 Å². The number of furan rings is 1. The maximum atomic E-state index is 12.7. The normalized spacial score (nSPS) is 16.5. The SMILES string of the molecule is N#C/C(=C\c1cc(Br)c(N2CCOCC2)o1)C(=O)Nc1sc2c(c1C#N)CCCC2. The molecule has 2 aromatic heterocycles. The Kier molecular flexibility index (Phi) is 6.24. The van der Waals surface area contributed by atoms with Gasteiger partial charge in [-0.2, -0.15) is 10.5 Å². The number of aryl methyl sites for hydroxylation is 1. The van der Waals surface area contributed by atoms with Gasteiger partial charge in [-0.05, 0) is 47.2 Å². The Hall–Kier alpha value is -2.59. The fourth-order valence-electron chi connectivity index (χ4n) is 3.66. The molecule has 9 heteroatoms. The minimum absolute atomic E-state index is 0.0833. The molecule has 30 heavy (non-hydrogen) atoms. The third kappa shape index (κ3) is 4.15. The number of thiophene rings is 1. The number of fused-ring (bicyclic) bond motifs is 1. The largest absolute Gasteiger partial charge is 0.440 e. The quantitative estimate of drug-likeness (QED) is 0.512.